The number of hydrogen-bond donors (Lipinski definition) is 1. The molecule has 1 aliphatic rings. The van der Waals surface area contributed by atoms with Crippen molar-refractivity contribution >= 4 is 28.4 Å². The molecule has 2 aromatic rings. The fourth-order valence-corrected chi connectivity index (χ4v) is 2.59. The number of rotatable bonds is 3. The van der Waals surface area contributed by atoms with Crippen molar-refractivity contribution in [2.24, 2.45) is 0 Å². The van der Waals surface area contributed by atoms with E-state index in [0.717, 1.165) is 39.2 Å². The van der Waals surface area contributed by atoms with Crippen LogP contribution in [0.25, 0.3) is 11.4 Å². The van der Waals surface area contributed by atoms with E-state index in [2.05, 4.69) is 39.5 Å². The molecule has 0 saturated carbocycles. The van der Waals surface area contributed by atoms with Gasteiger partial charge in [-0.1, -0.05) is 13.3 Å². The molecule has 1 aromatic carbocycles. The second-order valence-corrected chi connectivity index (χ2v) is 5.59. The first kappa shape index (κ1) is 13.4. The Kier molecular flexibility index (Phi) is 3.64. The zero-order chi connectivity index (χ0) is 14.1. The lowest BCUT2D eigenvalue weighted by molar-refractivity contribution is 0.174. The molecule has 0 atom stereocenters. The summed E-state index contributed by atoms with van der Waals surface area (Å²) in [6.07, 6.45) is 1.91. The number of benzene rings is 1. The van der Waals surface area contributed by atoms with E-state index in [4.69, 9.17) is 15.2 Å². The molecule has 104 valence electrons. The fourth-order valence-electron chi connectivity index (χ4n) is 2.08. The Morgan fingerprint density at radius 1 is 1.25 bits per heavy atom. The van der Waals surface area contributed by atoms with Crippen molar-refractivity contribution < 1.29 is 9.47 Å². The van der Waals surface area contributed by atoms with Gasteiger partial charge in [-0.05, 0) is 47.2 Å². The second-order valence-electron chi connectivity index (χ2n) is 4.51. The van der Waals surface area contributed by atoms with Gasteiger partial charge >= 0.3 is 0 Å². The summed E-state index contributed by atoms with van der Waals surface area (Å²) in [6.45, 7) is 2.38. The Labute approximate surface area is 130 Å². The molecule has 0 spiro atoms. The molecular formula is C14H14IN3O2. The van der Waals surface area contributed by atoms with E-state index in [1.165, 1.54) is 0 Å². The number of aromatic nitrogens is 2. The molecule has 0 aliphatic carbocycles. The molecule has 0 radical (unpaired) electrons. The zero-order valence-corrected chi connectivity index (χ0v) is 13.2. The smallest absolute Gasteiger partial charge is 0.231 e. The zero-order valence-electron chi connectivity index (χ0n) is 11.0. The third-order valence-corrected chi connectivity index (χ3v) is 4.24. The first-order valence-electron chi connectivity index (χ1n) is 6.41. The summed E-state index contributed by atoms with van der Waals surface area (Å²) in [4.78, 5) is 9.00. The monoisotopic (exact) mass is 383 g/mol. The van der Waals surface area contributed by atoms with E-state index in [-0.39, 0.29) is 6.79 Å². The number of anilines is 1. The maximum absolute atomic E-state index is 5.99. The lowest BCUT2D eigenvalue weighted by Gasteiger charge is -2.09. The molecular weight excluding hydrogens is 369 g/mol. The number of fused-ring (bicyclic) bond motifs is 1. The van der Waals surface area contributed by atoms with Crippen LogP contribution >= 0.6 is 22.6 Å². The lowest BCUT2D eigenvalue weighted by atomic mass is 10.1. The van der Waals surface area contributed by atoms with Crippen LogP contribution in [0.4, 0.5) is 5.82 Å². The van der Waals surface area contributed by atoms with Gasteiger partial charge in [0.05, 0.1) is 9.26 Å². The quantitative estimate of drug-likeness (QED) is 0.826. The molecule has 5 nitrogen and oxygen atoms in total. The molecule has 3 rings (SSSR count). The molecule has 20 heavy (non-hydrogen) atoms. The summed E-state index contributed by atoms with van der Waals surface area (Å²) in [5, 5.41) is 0. The largest absolute Gasteiger partial charge is 0.454 e. The summed E-state index contributed by atoms with van der Waals surface area (Å²) >= 11 is 2.20. The highest BCUT2D eigenvalue weighted by Crippen LogP contribution is 2.35. The molecule has 1 aliphatic heterocycles. The van der Waals surface area contributed by atoms with Crippen LogP contribution in [0.2, 0.25) is 0 Å². The van der Waals surface area contributed by atoms with Crippen molar-refractivity contribution in [2.45, 2.75) is 19.8 Å². The van der Waals surface area contributed by atoms with Crippen LogP contribution in [0.1, 0.15) is 19.0 Å². The molecule has 0 saturated heterocycles. The van der Waals surface area contributed by atoms with E-state index < -0.39 is 0 Å². The Bertz CT molecular complexity index is 661. The fraction of sp³-hybridized carbons (Fsp3) is 0.286. The average molecular weight is 383 g/mol. The van der Waals surface area contributed by atoms with E-state index >= 15 is 0 Å². The molecule has 2 N–H and O–H groups in total. The summed E-state index contributed by atoms with van der Waals surface area (Å²) in [6, 6.07) is 5.68. The van der Waals surface area contributed by atoms with Gasteiger partial charge < -0.3 is 15.2 Å². The van der Waals surface area contributed by atoms with Crippen LogP contribution in [0.15, 0.2) is 18.2 Å². The molecule has 0 fully saturated rings. The van der Waals surface area contributed by atoms with Crippen molar-refractivity contribution in [1.82, 2.24) is 9.97 Å². The topological polar surface area (TPSA) is 70.3 Å². The van der Waals surface area contributed by atoms with Crippen LogP contribution in [-0.2, 0) is 6.42 Å². The Balaban J connectivity index is 2.05. The maximum atomic E-state index is 5.99. The highest BCUT2D eigenvalue weighted by molar-refractivity contribution is 14.1. The third-order valence-electron chi connectivity index (χ3n) is 3.06. The van der Waals surface area contributed by atoms with Crippen LogP contribution in [-0.4, -0.2) is 16.8 Å². The minimum Gasteiger partial charge on any atom is -0.454 e. The molecule has 0 amide bonds. The maximum Gasteiger partial charge on any atom is 0.231 e. The Hall–Kier alpha value is -1.57. The van der Waals surface area contributed by atoms with E-state index in [9.17, 15) is 0 Å². The standard InChI is InChI=1S/C14H14IN3O2/c1-2-3-9-12(15)13(16)18-14(17-9)8-4-5-10-11(6-8)20-7-19-10/h4-6H,2-3,7H2,1H3,(H2,16,17,18). The number of hydrogen-bond acceptors (Lipinski definition) is 5. The molecule has 0 unspecified atom stereocenters. The predicted octanol–water partition coefficient (Wildman–Crippen LogP) is 3.01. The van der Waals surface area contributed by atoms with Gasteiger partial charge in [-0.15, -0.1) is 0 Å². The van der Waals surface area contributed by atoms with Gasteiger partial charge in [-0.3, -0.25) is 0 Å². The van der Waals surface area contributed by atoms with Gasteiger partial charge in [0.25, 0.3) is 0 Å². The number of halogens is 1. The summed E-state index contributed by atoms with van der Waals surface area (Å²) < 4.78 is 11.6. The SMILES string of the molecule is CCCc1nc(-c2ccc3c(c2)OCO3)nc(N)c1I. The minimum absolute atomic E-state index is 0.259. The van der Waals surface area contributed by atoms with E-state index in [1.54, 1.807) is 0 Å². The molecule has 0 bridgehead atoms. The van der Waals surface area contributed by atoms with Gasteiger partial charge in [-0.25, -0.2) is 9.97 Å². The van der Waals surface area contributed by atoms with Crippen molar-refractivity contribution in [3.05, 3.63) is 27.5 Å². The highest BCUT2D eigenvalue weighted by Gasteiger charge is 2.16. The third kappa shape index (κ3) is 2.39. The predicted molar refractivity (Wildman–Crippen MR) is 84.7 cm³/mol. The van der Waals surface area contributed by atoms with Gasteiger partial charge in [0, 0.05) is 5.56 Å². The van der Waals surface area contributed by atoms with Crippen LogP contribution in [0.3, 0.4) is 0 Å². The Morgan fingerprint density at radius 3 is 2.85 bits per heavy atom. The number of nitrogens with two attached hydrogens (primary N) is 1. The normalized spacial score (nSPS) is 12.7. The van der Waals surface area contributed by atoms with Gasteiger partial charge in [-0.2, -0.15) is 0 Å². The number of nitrogens with zero attached hydrogens (tertiary/aromatic N) is 2. The van der Waals surface area contributed by atoms with Crippen molar-refractivity contribution in [1.29, 1.82) is 0 Å². The van der Waals surface area contributed by atoms with Crippen molar-refractivity contribution in [3.8, 4) is 22.9 Å². The molecule has 2 heterocycles. The van der Waals surface area contributed by atoms with Gasteiger partial charge in [0.1, 0.15) is 5.82 Å². The van der Waals surface area contributed by atoms with Gasteiger partial charge in [0.2, 0.25) is 6.79 Å². The second kappa shape index (κ2) is 5.43. The summed E-state index contributed by atoms with van der Waals surface area (Å²) in [7, 11) is 0. The van der Waals surface area contributed by atoms with Gasteiger partial charge in [0.15, 0.2) is 17.3 Å². The number of aryl methyl sites for hydroxylation is 1. The summed E-state index contributed by atoms with van der Waals surface area (Å²) in [5.74, 6) is 2.63. The van der Waals surface area contributed by atoms with Crippen LogP contribution in [0, 0.1) is 3.57 Å². The Morgan fingerprint density at radius 2 is 2.05 bits per heavy atom. The number of nitrogen functional groups attached to an aromatic ring is 1. The van der Waals surface area contributed by atoms with Crippen LogP contribution < -0.4 is 15.2 Å². The minimum atomic E-state index is 0.259. The van der Waals surface area contributed by atoms with Crippen molar-refractivity contribution in [3.63, 3.8) is 0 Å². The van der Waals surface area contributed by atoms with E-state index in [0.29, 0.717) is 11.6 Å². The first-order valence-corrected chi connectivity index (χ1v) is 7.49. The first-order chi connectivity index (χ1) is 9.69. The number of ether oxygens (including phenoxy) is 2. The summed E-state index contributed by atoms with van der Waals surface area (Å²) in [5.41, 5.74) is 7.87. The lowest BCUT2D eigenvalue weighted by Crippen LogP contribution is -2.05. The molecule has 6 heteroatoms. The molecule has 1 aromatic heterocycles. The highest BCUT2D eigenvalue weighted by atomic mass is 127. The average Bonchev–Trinajstić information content (AvgIpc) is 2.91. The van der Waals surface area contributed by atoms with Crippen molar-refractivity contribution in [2.75, 3.05) is 12.5 Å². The van der Waals surface area contributed by atoms with Crippen LogP contribution in [0.5, 0.6) is 11.5 Å². The van der Waals surface area contributed by atoms with E-state index in [1.807, 2.05) is 18.2 Å².